The normalized spacial score (nSPS) is 15.7. The minimum Gasteiger partial charge on any atom is -0.383 e. The molecule has 2 heterocycles. The third-order valence-electron chi connectivity index (χ3n) is 5.26. The molecule has 0 saturated heterocycles. The predicted molar refractivity (Wildman–Crippen MR) is 93.0 cm³/mol. The highest BCUT2D eigenvalue weighted by atomic mass is 16.2. The van der Waals surface area contributed by atoms with Crippen LogP contribution >= 0.6 is 0 Å². The first-order chi connectivity index (χ1) is 11.3. The summed E-state index contributed by atoms with van der Waals surface area (Å²) in [6.07, 6.45) is 0. The van der Waals surface area contributed by atoms with E-state index in [4.69, 9.17) is 11.5 Å². The van der Waals surface area contributed by atoms with Crippen molar-refractivity contribution in [2.75, 3.05) is 0 Å². The quantitative estimate of drug-likeness (QED) is 0.770. The SMILES string of the molecule is Cc1c(C)c2c3c(c(C)c(C)c4c3c1C(=O)N=C4N)C(N)=NC2=O. The fraction of sp³-hybridized carbons (Fsp3) is 0.222. The van der Waals surface area contributed by atoms with Crippen LogP contribution in [-0.4, -0.2) is 23.5 Å². The fourth-order valence-corrected chi connectivity index (χ4v) is 3.87. The van der Waals surface area contributed by atoms with Gasteiger partial charge in [0, 0.05) is 21.9 Å². The van der Waals surface area contributed by atoms with Gasteiger partial charge in [-0.05, 0) is 49.9 Å². The number of carbonyl (C=O) groups is 2. The second kappa shape index (κ2) is 4.29. The van der Waals surface area contributed by atoms with Crippen molar-refractivity contribution in [2.45, 2.75) is 27.7 Å². The number of benzene rings is 2. The Bertz CT molecular complexity index is 1000. The zero-order valence-electron chi connectivity index (χ0n) is 13.9. The molecule has 2 amide bonds. The summed E-state index contributed by atoms with van der Waals surface area (Å²) < 4.78 is 0. The summed E-state index contributed by atoms with van der Waals surface area (Å²) in [4.78, 5) is 33.1. The van der Waals surface area contributed by atoms with Crippen LogP contribution in [0.4, 0.5) is 0 Å². The van der Waals surface area contributed by atoms with Gasteiger partial charge in [-0.15, -0.1) is 0 Å². The van der Waals surface area contributed by atoms with Gasteiger partial charge in [0.15, 0.2) is 0 Å². The van der Waals surface area contributed by atoms with Crippen LogP contribution in [0.25, 0.3) is 10.8 Å². The summed E-state index contributed by atoms with van der Waals surface area (Å²) in [6.45, 7) is 7.48. The van der Waals surface area contributed by atoms with Crippen LogP contribution < -0.4 is 11.5 Å². The molecule has 0 aromatic heterocycles. The molecular weight excluding hydrogens is 304 g/mol. The number of nitrogens with two attached hydrogens (primary N) is 2. The number of rotatable bonds is 0. The Morgan fingerprint density at radius 1 is 0.583 bits per heavy atom. The number of amidine groups is 2. The molecule has 2 aromatic carbocycles. The van der Waals surface area contributed by atoms with Gasteiger partial charge in [0.25, 0.3) is 11.8 Å². The largest absolute Gasteiger partial charge is 0.383 e. The Morgan fingerprint density at radius 3 is 1.21 bits per heavy atom. The van der Waals surface area contributed by atoms with Crippen LogP contribution in [0.1, 0.15) is 54.1 Å². The number of hydrogen-bond acceptors (Lipinski definition) is 4. The van der Waals surface area contributed by atoms with Gasteiger partial charge in [-0.25, -0.2) is 0 Å². The molecule has 2 aromatic rings. The van der Waals surface area contributed by atoms with Gasteiger partial charge in [-0.2, -0.15) is 9.98 Å². The monoisotopic (exact) mass is 320 g/mol. The highest BCUT2D eigenvalue weighted by Gasteiger charge is 2.34. The molecule has 4 N–H and O–H groups in total. The highest BCUT2D eigenvalue weighted by Crippen LogP contribution is 2.41. The third-order valence-corrected chi connectivity index (χ3v) is 5.26. The van der Waals surface area contributed by atoms with Crippen molar-refractivity contribution in [1.29, 1.82) is 0 Å². The lowest BCUT2D eigenvalue weighted by Gasteiger charge is -2.27. The van der Waals surface area contributed by atoms with E-state index in [2.05, 4.69) is 9.98 Å². The number of hydrogen-bond donors (Lipinski definition) is 2. The first-order valence-electron chi connectivity index (χ1n) is 7.63. The lowest BCUT2D eigenvalue weighted by atomic mass is 9.79. The smallest absolute Gasteiger partial charge is 0.279 e. The van der Waals surface area contributed by atoms with Crippen LogP contribution in [0.2, 0.25) is 0 Å². The van der Waals surface area contributed by atoms with E-state index >= 15 is 0 Å². The van der Waals surface area contributed by atoms with Crippen molar-refractivity contribution in [3.05, 3.63) is 44.5 Å². The Morgan fingerprint density at radius 2 is 0.875 bits per heavy atom. The number of amides is 2. The molecule has 0 atom stereocenters. The predicted octanol–water partition coefficient (Wildman–Crippen LogP) is 1.79. The maximum atomic E-state index is 12.5. The molecule has 0 aliphatic carbocycles. The van der Waals surface area contributed by atoms with E-state index in [1.54, 1.807) is 0 Å². The minimum atomic E-state index is -0.380. The maximum absolute atomic E-state index is 12.5. The maximum Gasteiger partial charge on any atom is 0.279 e. The molecule has 6 nitrogen and oxygen atoms in total. The molecule has 2 aliphatic heterocycles. The molecule has 4 rings (SSSR count). The van der Waals surface area contributed by atoms with Gasteiger partial charge >= 0.3 is 0 Å². The van der Waals surface area contributed by atoms with Crippen LogP contribution in [0.3, 0.4) is 0 Å². The fourth-order valence-electron chi connectivity index (χ4n) is 3.87. The molecule has 0 saturated carbocycles. The van der Waals surface area contributed by atoms with E-state index in [1.807, 2.05) is 27.7 Å². The molecule has 0 radical (unpaired) electrons. The number of aliphatic imine (C=N–C) groups is 2. The topological polar surface area (TPSA) is 111 Å². The summed E-state index contributed by atoms with van der Waals surface area (Å²) >= 11 is 0. The molecular formula is C18H16N4O2. The minimum absolute atomic E-state index is 0.183. The van der Waals surface area contributed by atoms with Crippen molar-refractivity contribution in [2.24, 2.45) is 21.5 Å². The zero-order valence-corrected chi connectivity index (χ0v) is 13.9. The van der Waals surface area contributed by atoms with Crippen molar-refractivity contribution < 1.29 is 9.59 Å². The molecule has 24 heavy (non-hydrogen) atoms. The molecule has 0 bridgehead atoms. The van der Waals surface area contributed by atoms with Gasteiger partial charge in [-0.1, -0.05) is 0 Å². The van der Waals surface area contributed by atoms with E-state index in [9.17, 15) is 9.59 Å². The van der Waals surface area contributed by atoms with Gasteiger partial charge < -0.3 is 11.5 Å². The van der Waals surface area contributed by atoms with Crippen molar-refractivity contribution in [3.63, 3.8) is 0 Å². The summed E-state index contributed by atoms with van der Waals surface area (Å²) in [5, 5.41) is 1.35. The second-order valence-electron chi connectivity index (χ2n) is 6.35. The highest BCUT2D eigenvalue weighted by molar-refractivity contribution is 6.34. The Labute approximate surface area is 138 Å². The molecule has 0 spiro atoms. The number of carbonyl (C=O) groups excluding carboxylic acids is 2. The lowest BCUT2D eigenvalue weighted by molar-refractivity contribution is 0.0991. The van der Waals surface area contributed by atoms with Crippen LogP contribution in [0.15, 0.2) is 9.98 Å². The molecule has 6 heteroatoms. The van der Waals surface area contributed by atoms with Gasteiger partial charge in [0.2, 0.25) is 0 Å². The third kappa shape index (κ3) is 1.45. The second-order valence-corrected chi connectivity index (χ2v) is 6.35. The Hall–Kier alpha value is -3.02. The first kappa shape index (κ1) is 14.6. The van der Waals surface area contributed by atoms with E-state index in [0.29, 0.717) is 33.0 Å². The average Bonchev–Trinajstić information content (AvgIpc) is 2.49. The standard InChI is InChI=1S/C18H16N4O2/c1-5-6(2)10-14-12(18(24)22-16(10)20)8(4)7(3)11-13(14)9(5)15(19)21-17(11)23/h1-4H3,(H2,19,21,23)(H2,20,22,24). The summed E-state index contributed by atoms with van der Waals surface area (Å²) in [6, 6.07) is 0. The van der Waals surface area contributed by atoms with Crippen molar-refractivity contribution in [1.82, 2.24) is 0 Å². The average molecular weight is 320 g/mol. The van der Waals surface area contributed by atoms with Gasteiger partial charge in [-0.3, -0.25) is 9.59 Å². The molecule has 0 unspecified atom stereocenters. The van der Waals surface area contributed by atoms with Crippen LogP contribution in [-0.2, 0) is 0 Å². The lowest BCUT2D eigenvalue weighted by Crippen LogP contribution is -2.29. The van der Waals surface area contributed by atoms with Crippen LogP contribution in [0.5, 0.6) is 0 Å². The number of nitrogens with zero attached hydrogens (tertiary/aromatic N) is 2. The molecule has 2 aliphatic rings. The van der Waals surface area contributed by atoms with Gasteiger partial charge in [0.1, 0.15) is 11.7 Å². The molecule has 0 fully saturated rings. The Kier molecular flexibility index (Phi) is 2.60. The van der Waals surface area contributed by atoms with Crippen molar-refractivity contribution in [3.8, 4) is 0 Å². The van der Waals surface area contributed by atoms with Crippen LogP contribution in [0, 0.1) is 27.7 Å². The van der Waals surface area contributed by atoms with E-state index < -0.39 is 0 Å². The molecule has 120 valence electrons. The van der Waals surface area contributed by atoms with E-state index in [-0.39, 0.29) is 23.5 Å². The van der Waals surface area contributed by atoms with E-state index in [0.717, 1.165) is 22.3 Å². The zero-order chi connectivity index (χ0) is 17.5. The van der Waals surface area contributed by atoms with Crippen molar-refractivity contribution >= 4 is 34.3 Å². The van der Waals surface area contributed by atoms with Gasteiger partial charge in [0.05, 0.1) is 11.1 Å². The first-order valence-corrected chi connectivity index (χ1v) is 7.63. The van der Waals surface area contributed by atoms with E-state index in [1.165, 1.54) is 0 Å². The summed E-state index contributed by atoms with van der Waals surface area (Å²) in [7, 11) is 0. The summed E-state index contributed by atoms with van der Waals surface area (Å²) in [5.74, 6) is -0.394. The summed E-state index contributed by atoms with van der Waals surface area (Å²) in [5.41, 5.74) is 17.8. The Balaban J connectivity index is 2.45.